The molecule has 0 spiro atoms. The van der Waals surface area contributed by atoms with Gasteiger partial charge in [-0.1, -0.05) is 12.1 Å². The first kappa shape index (κ1) is 14.5. The molecule has 0 fully saturated rings. The number of nitrogens with zero attached hydrogens (tertiary/aromatic N) is 4. The van der Waals surface area contributed by atoms with Gasteiger partial charge >= 0.3 is 0 Å². The van der Waals surface area contributed by atoms with Gasteiger partial charge in [0.15, 0.2) is 5.82 Å². The molecular weight excluding hydrogens is 304 g/mol. The molecule has 3 aromatic rings. The Labute approximate surface area is 139 Å². The predicted octanol–water partition coefficient (Wildman–Crippen LogP) is 3.47. The number of aryl methyl sites for hydroxylation is 1. The lowest BCUT2D eigenvalue weighted by molar-refractivity contribution is 0.238. The highest BCUT2D eigenvalue weighted by molar-refractivity contribution is 7.13. The molecule has 1 aliphatic heterocycles. The van der Waals surface area contributed by atoms with E-state index in [1.54, 1.807) is 11.3 Å². The van der Waals surface area contributed by atoms with Gasteiger partial charge in [-0.15, -0.1) is 11.3 Å². The van der Waals surface area contributed by atoms with Gasteiger partial charge in [0.25, 0.3) is 0 Å². The van der Waals surface area contributed by atoms with E-state index in [1.165, 1.54) is 11.1 Å². The van der Waals surface area contributed by atoms with Crippen LogP contribution in [-0.4, -0.2) is 26.4 Å². The van der Waals surface area contributed by atoms with Crippen molar-refractivity contribution in [2.24, 2.45) is 0 Å². The molecule has 3 aromatic heterocycles. The van der Waals surface area contributed by atoms with Crippen molar-refractivity contribution in [1.82, 2.24) is 19.9 Å². The number of fused-ring (bicyclic) bond motifs is 1. The van der Waals surface area contributed by atoms with Crippen molar-refractivity contribution in [3.05, 3.63) is 64.6 Å². The molecule has 0 radical (unpaired) electrons. The summed E-state index contributed by atoms with van der Waals surface area (Å²) in [5, 5.41) is 2.06. The SMILES string of the molecule is Cc1cccnc1CN1CCc2cnc(-c3cccs3)nc2C1. The summed E-state index contributed by atoms with van der Waals surface area (Å²) < 4.78 is 0. The fraction of sp³-hybridized carbons (Fsp3) is 0.278. The Morgan fingerprint density at radius 2 is 2.17 bits per heavy atom. The van der Waals surface area contributed by atoms with E-state index in [9.17, 15) is 0 Å². The molecule has 0 aromatic carbocycles. The Balaban J connectivity index is 1.56. The van der Waals surface area contributed by atoms with Gasteiger partial charge in [-0.2, -0.15) is 0 Å². The Morgan fingerprint density at radius 3 is 3.00 bits per heavy atom. The van der Waals surface area contributed by atoms with Gasteiger partial charge in [-0.05, 0) is 42.0 Å². The van der Waals surface area contributed by atoms with Gasteiger partial charge in [0, 0.05) is 32.0 Å². The minimum atomic E-state index is 0.842. The van der Waals surface area contributed by atoms with Crippen molar-refractivity contribution in [3.8, 4) is 10.7 Å². The largest absolute Gasteiger partial charge is 0.291 e. The summed E-state index contributed by atoms with van der Waals surface area (Å²) in [5.74, 6) is 0.842. The van der Waals surface area contributed by atoms with Crippen LogP contribution >= 0.6 is 11.3 Å². The van der Waals surface area contributed by atoms with Gasteiger partial charge in [-0.3, -0.25) is 9.88 Å². The third-order valence-corrected chi connectivity index (χ3v) is 5.12. The van der Waals surface area contributed by atoms with Crippen molar-refractivity contribution in [2.45, 2.75) is 26.4 Å². The van der Waals surface area contributed by atoms with E-state index in [0.29, 0.717) is 0 Å². The zero-order valence-corrected chi connectivity index (χ0v) is 13.9. The highest BCUT2D eigenvalue weighted by atomic mass is 32.1. The van der Waals surface area contributed by atoms with Crippen molar-refractivity contribution >= 4 is 11.3 Å². The Bertz CT molecular complexity index is 814. The second-order valence-corrected chi connectivity index (χ2v) is 6.82. The van der Waals surface area contributed by atoms with E-state index < -0.39 is 0 Å². The first-order chi connectivity index (χ1) is 11.3. The van der Waals surface area contributed by atoms with Crippen LogP contribution in [-0.2, 0) is 19.5 Å². The van der Waals surface area contributed by atoms with Crippen LogP contribution in [0.4, 0.5) is 0 Å². The minimum absolute atomic E-state index is 0.842. The van der Waals surface area contributed by atoms with E-state index in [-0.39, 0.29) is 0 Å². The fourth-order valence-electron chi connectivity index (χ4n) is 2.91. The number of rotatable bonds is 3. The molecule has 1 aliphatic rings. The smallest absolute Gasteiger partial charge is 0.169 e. The van der Waals surface area contributed by atoms with Crippen LogP contribution in [0.25, 0.3) is 10.7 Å². The maximum absolute atomic E-state index is 4.81. The summed E-state index contributed by atoms with van der Waals surface area (Å²) in [6.07, 6.45) is 4.88. The van der Waals surface area contributed by atoms with Gasteiger partial charge < -0.3 is 0 Å². The average molecular weight is 322 g/mol. The summed E-state index contributed by atoms with van der Waals surface area (Å²) in [6, 6.07) is 8.23. The fourth-order valence-corrected chi connectivity index (χ4v) is 3.58. The Hall–Kier alpha value is -2.11. The predicted molar refractivity (Wildman–Crippen MR) is 92.1 cm³/mol. The molecule has 0 bridgehead atoms. The van der Waals surface area contributed by atoms with E-state index in [0.717, 1.165) is 48.1 Å². The van der Waals surface area contributed by atoms with Gasteiger partial charge in [0.1, 0.15) is 0 Å². The minimum Gasteiger partial charge on any atom is -0.291 e. The molecular formula is C18H18N4S. The molecule has 0 saturated heterocycles. The van der Waals surface area contributed by atoms with E-state index in [2.05, 4.69) is 39.3 Å². The molecule has 0 unspecified atom stereocenters. The lowest BCUT2D eigenvalue weighted by Crippen LogP contribution is -2.31. The van der Waals surface area contributed by atoms with E-state index in [4.69, 9.17) is 4.98 Å². The molecule has 0 atom stereocenters. The quantitative estimate of drug-likeness (QED) is 0.740. The molecule has 0 amide bonds. The molecule has 5 heteroatoms. The highest BCUT2D eigenvalue weighted by Gasteiger charge is 2.20. The van der Waals surface area contributed by atoms with Gasteiger partial charge in [-0.25, -0.2) is 9.97 Å². The van der Waals surface area contributed by atoms with E-state index in [1.807, 2.05) is 24.5 Å². The monoisotopic (exact) mass is 322 g/mol. The van der Waals surface area contributed by atoms with Crippen molar-refractivity contribution in [3.63, 3.8) is 0 Å². The summed E-state index contributed by atoms with van der Waals surface area (Å²) in [7, 11) is 0. The molecule has 0 N–H and O–H groups in total. The van der Waals surface area contributed by atoms with Crippen molar-refractivity contribution in [2.75, 3.05) is 6.54 Å². The third-order valence-electron chi connectivity index (χ3n) is 4.26. The first-order valence-corrected chi connectivity index (χ1v) is 8.69. The van der Waals surface area contributed by atoms with Crippen molar-refractivity contribution < 1.29 is 0 Å². The van der Waals surface area contributed by atoms with Gasteiger partial charge in [0.05, 0.1) is 16.3 Å². The van der Waals surface area contributed by atoms with Crippen molar-refractivity contribution in [1.29, 1.82) is 0 Å². The number of hydrogen-bond acceptors (Lipinski definition) is 5. The second kappa shape index (κ2) is 6.18. The first-order valence-electron chi connectivity index (χ1n) is 7.81. The molecule has 4 rings (SSSR count). The highest BCUT2D eigenvalue weighted by Crippen LogP contribution is 2.24. The standard InChI is InChI=1S/C18H18N4S/c1-13-4-2-7-19-15(13)11-22-8-6-14-10-20-18(21-16(14)12-22)17-5-3-9-23-17/h2-5,7,9-10H,6,8,11-12H2,1H3. The molecule has 0 saturated carbocycles. The molecule has 0 aliphatic carbocycles. The maximum Gasteiger partial charge on any atom is 0.169 e. The lowest BCUT2D eigenvalue weighted by Gasteiger charge is -2.28. The molecule has 23 heavy (non-hydrogen) atoms. The number of aromatic nitrogens is 3. The van der Waals surface area contributed by atoms with Crippen LogP contribution in [0, 0.1) is 6.92 Å². The zero-order chi connectivity index (χ0) is 15.6. The van der Waals surface area contributed by atoms with E-state index >= 15 is 0 Å². The summed E-state index contributed by atoms with van der Waals surface area (Å²) >= 11 is 1.68. The van der Waals surface area contributed by atoms with Crippen LogP contribution in [0.2, 0.25) is 0 Å². The summed E-state index contributed by atoms with van der Waals surface area (Å²) in [6.45, 7) is 4.90. The third kappa shape index (κ3) is 3.02. The number of pyridine rings is 1. The average Bonchev–Trinajstić information content (AvgIpc) is 3.11. The lowest BCUT2D eigenvalue weighted by atomic mass is 10.1. The molecule has 4 heterocycles. The zero-order valence-electron chi connectivity index (χ0n) is 13.1. The van der Waals surface area contributed by atoms with Crippen LogP contribution < -0.4 is 0 Å². The Kier molecular flexibility index (Phi) is 3.89. The normalized spacial score (nSPS) is 14.7. The number of thiophene rings is 1. The maximum atomic E-state index is 4.81. The summed E-state index contributed by atoms with van der Waals surface area (Å²) in [5.41, 5.74) is 4.84. The Morgan fingerprint density at radius 1 is 1.22 bits per heavy atom. The number of hydrogen-bond donors (Lipinski definition) is 0. The molecule has 4 nitrogen and oxygen atoms in total. The topological polar surface area (TPSA) is 41.9 Å². The van der Waals surface area contributed by atoms with Crippen LogP contribution in [0.3, 0.4) is 0 Å². The molecule has 116 valence electrons. The summed E-state index contributed by atoms with van der Waals surface area (Å²) in [4.78, 5) is 17.4. The van der Waals surface area contributed by atoms with Crippen LogP contribution in [0.15, 0.2) is 42.0 Å². The second-order valence-electron chi connectivity index (χ2n) is 5.87. The van der Waals surface area contributed by atoms with Gasteiger partial charge in [0.2, 0.25) is 0 Å². The van der Waals surface area contributed by atoms with Crippen LogP contribution in [0.1, 0.15) is 22.5 Å². The van der Waals surface area contributed by atoms with Crippen LogP contribution in [0.5, 0.6) is 0 Å².